The van der Waals surface area contributed by atoms with Crippen LogP contribution >= 0.6 is 11.3 Å². The summed E-state index contributed by atoms with van der Waals surface area (Å²) in [6, 6.07) is 11.1. The normalized spacial score (nSPS) is 10.6. The van der Waals surface area contributed by atoms with E-state index in [2.05, 4.69) is 10.3 Å². The third kappa shape index (κ3) is 2.32. The number of carbonyl (C=O) groups is 1. The van der Waals surface area contributed by atoms with Gasteiger partial charge in [-0.2, -0.15) is 0 Å². The Morgan fingerprint density at radius 2 is 1.95 bits per heavy atom. The molecule has 0 aliphatic carbocycles. The third-order valence-corrected chi connectivity index (χ3v) is 3.58. The number of benzene rings is 2. The van der Waals surface area contributed by atoms with E-state index >= 15 is 0 Å². The van der Waals surface area contributed by atoms with Crippen LogP contribution in [0.15, 0.2) is 48.0 Å². The van der Waals surface area contributed by atoms with E-state index in [1.54, 1.807) is 17.6 Å². The fraction of sp³-hybridized carbons (Fsp3) is 0. The number of fused-ring (bicyclic) bond motifs is 1. The number of thiazole rings is 1. The minimum Gasteiger partial charge on any atom is -0.322 e. The van der Waals surface area contributed by atoms with Crippen LogP contribution in [0.3, 0.4) is 0 Å². The summed E-state index contributed by atoms with van der Waals surface area (Å²) in [4.78, 5) is 16.4. The first-order valence-corrected chi connectivity index (χ1v) is 6.51. The van der Waals surface area contributed by atoms with Crippen molar-refractivity contribution in [2.45, 2.75) is 0 Å². The molecule has 1 aromatic heterocycles. The highest BCUT2D eigenvalue weighted by molar-refractivity contribution is 7.17. The average molecular weight is 272 g/mol. The summed E-state index contributed by atoms with van der Waals surface area (Å²) < 4.78 is 13.6. The van der Waals surface area contributed by atoms with Gasteiger partial charge in [0.1, 0.15) is 5.82 Å². The molecule has 0 radical (unpaired) electrons. The van der Waals surface area contributed by atoms with E-state index < -0.39 is 0 Å². The molecule has 0 unspecified atom stereocenters. The predicted octanol–water partition coefficient (Wildman–Crippen LogP) is 3.69. The van der Waals surface area contributed by atoms with E-state index in [1.165, 1.54) is 35.6 Å². The Morgan fingerprint density at radius 3 is 2.74 bits per heavy atom. The van der Waals surface area contributed by atoms with Gasteiger partial charge in [0.05, 0.1) is 21.3 Å². The van der Waals surface area contributed by atoms with Gasteiger partial charge in [-0.1, -0.05) is 6.07 Å². The SMILES string of the molecule is O=C(Nc1ccc(F)cc1)c1cccc2ncsc12. The van der Waals surface area contributed by atoms with Crippen molar-refractivity contribution in [3.63, 3.8) is 0 Å². The van der Waals surface area contributed by atoms with Gasteiger partial charge in [-0.3, -0.25) is 4.79 Å². The maximum Gasteiger partial charge on any atom is 0.257 e. The lowest BCUT2D eigenvalue weighted by atomic mass is 10.2. The highest BCUT2D eigenvalue weighted by atomic mass is 32.1. The van der Waals surface area contributed by atoms with Gasteiger partial charge < -0.3 is 5.32 Å². The highest BCUT2D eigenvalue weighted by Gasteiger charge is 2.11. The fourth-order valence-electron chi connectivity index (χ4n) is 1.80. The minimum absolute atomic E-state index is 0.221. The van der Waals surface area contributed by atoms with Gasteiger partial charge in [0, 0.05) is 5.69 Å². The molecule has 3 nitrogen and oxygen atoms in total. The van der Waals surface area contributed by atoms with Crippen LogP contribution in [0.2, 0.25) is 0 Å². The molecule has 0 fully saturated rings. The van der Waals surface area contributed by atoms with Crippen molar-refractivity contribution in [2.75, 3.05) is 5.32 Å². The zero-order valence-corrected chi connectivity index (χ0v) is 10.6. The fourth-order valence-corrected chi connectivity index (χ4v) is 2.60. The molecule has 0 bridgehead atoms. The number of hydrogen-bond donors (Lipinski definition) is 1. The molecule has 94 valence electrons. The second kappa shape index (κ2) is 4.78. The van der Waals surface area contributed by atoms with Crippen LogP contribution in [0.4, 0.5) is 10.1 Å². The van der Waals surface area contributed by atoms with Crippen LogP contribution < -0.4 is 5.32 Å². The van der Waals surface area contributed by atoms with Gasteiger partial charge in [0.15, 0.2) is 0 Å². The molecule has 3 aromatic rings. The van der Waals surface area contributed by atoms with E-state index in [9.17, 15) is 9.18 Å². The lowest BCUT2D eigenvalue weighted by Gasteiger charge is -2.05. The van der Waals surface area contributed by atoms with Crippen molar-refractivity contribution >= 4 is 33.1 Å². The van der Waals surface area contributed by atoms with Crippen molar-refractivity contribution in [1.29, 1.82) is 0 Å². The van der Waals surface area contributed by atoms with E-state index in [0.29, 0.717) is 11.3 Å². The van der Waals surface area contributed by atoms with E-state index in [0.717, 1.165) is 10.2 Å². The van der Waals surface area contributed by atoms with E-state index in [1.807, 2.05) is 6.07 Å². The molecule has 1 N–H and O–H groups in total. The summed E-state index contributed by atoms with van der Waals surface area (Å²) in [5, 5.41) is 2.74. The Bertz CT molecular complexity index is 737. The Kier molecular flexibility index (Phi) is 2.97. The van der Waals surface area contributed by atoms with Crippen LogP contribution in [0.1, 0.15) is 10.4 Å². The second-order valence-electron chi connectivity index (χ2n) is 3.97. The van der Waals surface area contributed by atoms with Crippen LogP contribution in [-0.2, 0) is 0 Å². The summed E-state index contributed by atoms with van der Waals surface area (Å²) >= 11 is 1.42. The first kappa shape index (κ1) is 11.8. The van der Waals surface area contributed by atoms with Gasteiger partial charge >= 0.3 is 0 Å². The standard InChI is InChI=1S/C14H9FN2OS/c15-9-4-6-10(7-5-9)17-14(18)11-2-1-3-12-13(11)19-8-16-12/h1-8H,(H,17,18). The molecule has 19 heavy (non-hydrogen) atoms. The van der Waals surface area contributed by atoms with Crippen molar-refractivity contribution in [3.05, 3.63) is 59.4 Å². The van der Waals surface area contributed by atoms with Crippen molar-refractivity contribution in [2.24, 2.45) is 0 Å². The van der Waals surface area contributed by atoms with E-state index in [4.69, 9.17) is 0 Å². The smallest absolute Gasteiger partial charge is 0.257 e. The zero-order valence-electron chi connectivity index (χ0n) is 9.76. The Morgan fingerprint density at radius 1 is 1.16 bits per heavy atom. The van der Waals surface area contributed by atoms with Crippen LogP contribution in [-0.4, -0.2) is 10.9 Å². The number of amides is 1. The molecule has 0 aliphatic rings. The lowest BCUT2D eigenvalue weighted by molar-refractivity contribution is 0.102. The summed E-state index contributed by atoms with van der Waals surface area (Å²) in [5.41, 5.74) is 3.65. The van der Waals surface area contributed by atoms with Crippen molar-refractivity contribution in [1.82, 2.24) is 4.98 Å². The summed E-state index contributed by atoms with van der Waals surface area (Å²) in [6.45, 7) is 0. The molecule has 2 aromatic carbocycles. The van der Waals surface area contributed by atoms with Crippen LogP contribution in [0.25, 0.3) is 10.2 Å². The number of aromatic nitrogens is 1. The molecule has 0 spiro atoms. The Hall–Kier alpha value is -2.27. The Balaban J connectivity index is 1.92. The second-order valence-corrected chi connectivity index (χ2v) is 4.82. The quantitative estimate of drug-likeness (QED) is 0.773. The number of nitrogens with zero attached hydrogens (tertiary/aromatic N) is 1. The molecule has 5 heteroatoms. The van der Waals surface area contributed by atoms with Gasteiger partial charge in [-0.05, 0) is 36.4 Å². The zero-order chi connectivity index (χ0) is 13.2. The predicted molar refractivity (Wildman–Crippen MR) is 74.0 cm³/mol. The molecule has 1 heterocycles. The van der Waals surface area contributed by atoms with Gasteiger partial charge in [0.25, 0.3) is 5.91 Å². The van der Waals surface area contributed by atoms with Crippen LogP contribution in [0.5, 0.6) is 0 Å². The van der Waals surface area contributed by atoms with Gasteiger partial charge in [-0.15, -0.1) is 11.3 Å². The number of nitrogens with one attached hydrogen (secondary N) is 1. The van der Waals surface area contributed by atoms with Crippen molar-refractivity contribution < 1.29 is 9.18 Å². The molecular formula is C14H9FN2OS. The Labute approximate surface area is 112 Å². The molecule has 0 saturated carbocycles. The maximum atomic E-state index is 12.8. The molecule has 1 amide bonds. The first-order chi connectivity index (χ1) is 9.24. The number of hydrogen-bond acceptors (Lipinski definition) is 3. The topological polar surface area (TPSA) is 42.0 Å². The van der Waals surface area contributed by atoms with Gasteiger partial charge in [-0.25, -0.2) is 9.37 Å². The highest BCUT2D eigenvalue weighted by Crippen LogP contribution is 2.23. The summed E-state index contributed by atoms with van der Waals surface area (Å²) in [7, 11) is 0. The average Bonchev–Trinajstić information content (AvgIpc) is 2.89. The molecular weight excluding hydrogens is 263 g/mol. The lowest BCUT2D eigenvalue weighted by Crippen LogP contribution is -2.11. The molecule has 0 saturated heterocycles. The molecule has 3 rings (SSSR count). The molecule has 0 aliphatic heterocycles. The third-order valence-electron chi connectivity index (χ3n) is 2.70. The number of rotatable bonds is 2. The number of halogens is 1. The first-order valence-electron chi connectivity index (χ1n) is 5.63. The monoisotopic (exact) mass is 272 g/mol. The van der Waals surface area contributed by atoms with E-state index in [-0.39, 0.29) is 11.7 Å². The van der Waals surface area contributed by atoms with Crippen LogP contribution in [0, 0.1) is 5.82 Å². The number of anilines is 1. The largest absolute Gasteiger partial charge is 0.322 e. The minimum atomic E-state index is -0.331. The van der Waals surface area contributed by atoms with Gasteiger partial charge in [0.2, 0.25) is 0 Å². The maximum absolute atomic E-state index is 12.8. The molecule has 0 atom stereocenters. The van der Waals surface area contributed by atoms with Crippen molar-refractivity contribution in [3.8, 4) is 0 Å². The summed E-state index contributed by atoms with van der Waals surface area (Å²) in [5.74, 6) is -0.552. The summed E-state index contributed by atoms with van der Waals surface area (Å²) in [6.07, 6.45) is 0. The number of carbonyl (C=O) groups excluding carboxylic acids is 1.